The van der Waals surface area contributed by atoms with Gasteiger partial charge >= 0.3 is 12.0 Å². The Balaban J connectivity index is 2.22. The van der Waals surface area contributed by atoms with Crippen molar-refractivity contribution in [1.29, 1.82) is 0 Å². The Kier molecular flexibility index (Phi) is 5.64. The molecule has 0 saturated heterocycles. The van der Waals surface area contributed by atoms with Crippen LogP contribution < -0.4 is 16.0 Å². The van der Waals surface area contributed by atoms with Gasteiger partial charge in [0.05, 0.1) is 0 Å². The maximum Gasteiger partial charge on any atom is 0.329 e. The summed E-state index contributed by atoms with van der Waals surface area (Å²) in [6.45, 7) is -0.332. The van der Waals surface area contributed by atoms with Crippen molar-refractivity contribution in [3.63, 3.8) is 0 Å². The predicted molar refractivity (Wildman–Crippen MR) is 88.6 cm³/mol. The third kappa shape index (κ3) is 4.40. The van der Waals surface area contributed by atoms with Gasteiger partial charge in [0.15, 0.2) is 0 Å². The number of anilines is 1. The van der Waals surface area contributed by atoms with Crippen molar-refractivity contribution in [1.82, 2.24) is 5.32 Å². The van der Waals surface area contributed by atoms with Gasteiger partial charge in [0.1, 0.15) is 6.54 Å². The smallest absolute Gasteiger partial charge is 0.329 e. The van der Waals surface area contributed by atoms with Gasteiger partial charge in [-0.25, -0.2) is 4.79 Å². The summed E-state index contributed by atoms with van der Waals surface area (Å²) >= 11 is 0. The Morgan fingerprint density at radius 1 is 1.04 bits per heavy atom. The van der Waals surface area contributed by atoms with Crippen molar-refractivity contribution in [2.75, 3.05) is 11.4 Å². The molecule has 2 aromatic carbocycles. The molecule has 24 heavy (non-hydrogen) atoms. The van der Waals surface area contributed by atoms with Crippen molar-refractivity contribution in [2.45, 2.75) is 6.54 Å². The molecule has 0 heterocycles. The summed E-state index contributed by atoms with van der Waals surface area (Å²) in [4.78, 5) is 36.5. The molecule has 0 unspecified atom stereocenters. The van der Waals surface area contributed by atoms with Crippen molar-refractivity contribution >= 4 is 23.6 Å². The van der Waals surface area contributed by atoms with Crippen molar-refractivity contribution in [2.24, 2.45) is 5.73 Å². The lowest BCUT2D eigenvalue weighted by atomic mass is 10.2. The van der Waals surface area contributed by atoms with E-state index in [2.05, 4.69) is 5.32 Å². The Morgan fingerprint density at radius 3 is 2.38 bits per heavy atom. The average Bonchev–Trinajstić information content (AvgIpc) is 2.60. The van der Waals surface area contributed by atoms with Crippen LogP contribution >= 0.6 is 0 Å². The Hall–Kier alpha value is -3.19. The van der Waals surface area contributed by atoms with Crippen molar-refractivity contribution in [3.8, 4) is 0 Å². The molecule has 2 aromatic rings. The fourth-order valence-corrected chi connectivity index (χ4v) is 2.09. The van der Waals surface area contributed by atoms with Gasteiger partial charge in [-0.15, -0.1) is 0 Å². The third-order valence-corrected chi connectivity index (χ3v) is 3.25. The van der Waals surface area contributed by atoms with E-state index in [1.54, 1.807) is 54.6 Å². The number of hydrogen-bond acceptors (Lipinski definition) is 4. The third-order valence-electron chi connectivity index (χ3n) is 3.25. The van der Waals surface area contributed by atoms with Crippen LogP contribution in [0.5, 0.6) is 0 Å². The number of urea groups is 1. The fraction of sp³-hybridized carbons (Fsp3) is 0.118. The van der Waals surface area contributed by atoms with Gasteiger partial charge in [0.2, 0.25) is 0 Å². The number of carbonyl (C=O) groups excluding carboxylic acids is 2. The van der Waals surface area contributed by atoms with Crippen LogP contribution in [-0.2, 0) is 11.3 Å². The molecule has 4 N–H and O–H groups in total. The number of carboxylic acids is 1. The molecule has 2 rings (SSSR count). The number of carbonyl (C=O) groups is 3. The molecule has 0 saturated carbocycles. The number of nitrogens with zero attached hydrogens (tertiary/aromatic N) is 1. The molecule has 0 fully saturated rings. The van der Waals surface area contributed by atoms with Crippen LogP contribution in [0.3, 0.4) is 0 Å². The van der Waals surface area contributed by atoms with Gasteiger partial charge in [0.25, 0.3) is 5.91 Å². The van der Waals surface area contributed by atoms with Gasteiger partial charge in [-0.1, -0.05) is 30.3 Å². The number of rotatable bonds is 5. The van der Waals surface area contributed by atoms with Crippen LogP contribution in [0.2, 0.25) is 0 Å². The normalized spacial score (nSPS) is 10.0. The molecule has 0 aliphatic carbocycles. The maximum atomic E-state index is 12.4. The Labute approximate surface area is 138 Å². The molecule has 124 valence electrons. The molecule has 0 radical (unpaired) electrons. The van der Waals surface area contributed by atoms with Gasteiger partial charge in [0, 0.05) is 17.8 Å². The van der Waals surface area contributed by atoms with Gasteiger partial charge in [-0.2, -0.15) is 0 Å². The monoisotopic (exact) mass is 327 g/mol. The number of amides is 3. The molecule has 7 heteroatoms. The molecule has 0 bridgehead atoms. The minimum Gasteiger partial charge on any atom is -0.480 e. The summed E-state index contributed by atoms with van der Waals surface area (Å²) in [5, 5.41) is 11.2. The van der Waals surface area contributed by atoms with Crippen molar-refractivity contribution in [3.05, 3.63) is 65.7 Å². The van der Waals surface area contributed by atoms with Crippen LogP contribution in [0.25, 0.3) is 0 Å². The zero-order valence-corrected chi connectivity index (χ0v) is 12.8. The summed E-state index contributed by atoms with van der Waals surface area (Å²) in [5.74, 6) is -1.80. The number of nitrogens with two attached hydrogens (primary N) is 1. The number of nitrogens with one attached hydrogen (secondary N) is 1. The van der Waals surface area contributed by atoms with E-state index in [0.29, 0.717) is 11.3 Å². The number of hydrogen-bond donors (Lipinski definition) is 3. The van der Waals surface area contributed by atoms with E-state index in [1.165, 1.54) is 0 Å². The lowest BCUT2D eigenvalue weighted by Gasteiger charge is -2.21. The Morgan fingerprint density at radius 2 is 1.75 bits per heavy atom. The van der Waals surface area contributed by atoms with Crippen LogP contribution in [-0.4, -0.2) is 29.6 Å². The van der Waals surface area contributed by atoms with Crippen LogP contribution in [0.15, 0.2) is 54.6 Å². The lowest BCUT2D eigenvalue weighted by molar-refractivity contribution is -0.135. The molecule has 0 spiro atoms. The summed E-state index contributed by atoms with van der Waals surface area (Å²) in [6.07, 6.45) is 0. The number of aliphatic carboxylic acids is 1. The first kappa shape index (κ1) is 17.2. The minimum atomic E-state index is -1.20. The van der Waals surface area contributed by atoms with Crippen LogP contribution in [0.1, 0.15) is 15.9 Å². The van der Waals surface area contributed by atoms with E-state index < -0.39 is 24.5 Å². The molecular formula is C17H17N3O4. The fourth-order valence-electron chi connectivity index (χ4n) is 2.09. The van der Waals surface area contributed by atoms with Gasteiger partial charge in [-0.05, 0) is 29.8 Å². The van der Waals surface area contributed by atoms with Crippen LogP contribution in [0, 0.1) is 0 Å². The largest absolute Gasteiger partial charge is 0.480 e. The second kappa shape index (κ2) is 7.89. The van der Waals surface area contributed by atoms with Crippen molar-refractivity contribution < 1.29 is 19.5 Å². The van der Waals surface area contributed by atoms with Crippen LogP contribution in [0.4, 0.5) is 10.5 Å². The van der Waals surface area contributed by atoms with E-state index in [4.69, 9.17) is 10.8 Å². The number of carboxylic acid groups (broad SMARTS) is 1. The molecule has 0 aliphatic rings. The second-order valence-electron chi connectivity index (χ2n) is 4.98. The summed E-state index contributed by atoms with van der Waals surface area (Å²) in [6, 6.07) is 14.0. The van der Waals surface area contributed by atoms with Gasteiger partial charge in [-0.3, -0.25) is 19.8 Å². The molecule has 0 aromatic heterocycles. The first-order valence-electron chi connectivity index (χ1n) is 7.20. The first-order valence-corrected chi connectivity index (χ1v) is 7.20. The first-order chi connectivity index (χ1) is 11.5. The molecule has 3 amide bonds. The summed E-state index contributed by atoms with van der Waals surface area (Å²) in [7, 11) is 0. The Bertz CT molecular complexity index is 747. The topological polar surface area (TPSA) is 113 Å². The highest BCUT2D eigenvalue weighted by Crippen LogP contribution is 2.16. The molecule has 0 aliphatic heterocycles. The highest BCUT2D eigenvalue weighted by Gasteiger charge is 2.21. The predicted octanol–water partition coefficient (Wildman–Crippen LogP) is 1.59. The lowest BCUT2D eigenvalue weighted by Crippen LogP contribution is -2.45. The number of imide groups is 1. The van der Waals surface area contributed by atoms with Gasteiger partial charge < -0.3 is 10.8 Å². The highest BCUT2D eigenvalue weighted by molar-refractivity contribution is 6.09. The average molecular weight is 327 g/mol. The van der Waals surface area contributed by atoms with E-state index >= 15 is 0 Å². The maximum absolute atomic E-state index is 12.4. The zero-order chi connectivity index (χ0) is 17.5. The van der Waals surface area contributed by atoms with E-state index in [9.17, 15) is 14.4 Å². The molecular weight excluding hydrogens is 310 g/mol. The second-order valence-corrected chi connectivity index (χ2v) is 4.98. The quantitative estimate of drug-likeness (QED) is 0.772. The summed E-state index contributed by atoms with van der Waals surface area (Å²) < 4.78 is 0. The summed E-state index contributed by atoms with van der Waals surface area (Å²) in [5.41, 5.74) is 6.95. The molecule has 0 atom stereocenters. The SMILES string of the molecule is NCc1cccc(N(CC(=O)O)C(=O)NC(=O)c2ccccc2)c1. The molecule has 7 nitrogen and oxygen atoms in total. The number of benzene rings is 2. The van der Waals surface area contributed by atoms with E-state index in [0.717, 1.165) is 10.5 Å². The zero-order valence-electron chi connectivity index (χ0n) is 12.8. The highest BCUT2D eigenvalue weighted by atomic mass is 16.4. The standard InChI is InChI=1S/C17H17N3O4/c18-10-12-5-4-8-14(9-12)20(11-15(21)22)17(24)19-16(23)13-6-2-1-3-7-13/h1-9H,10-11,18H2,(H,21,22)(H,19,23,24). The van der Waals surface area contributed by atoms with E-state index in [1.807, 2.05) is 0 Å². The van der Waals surface area contributed by atoms with E-state index in [-0.39, 0.29) is 6.54 Å². The minimum absolute atomic E-state index is 0.249.